The lowest BCUT2D eigenvalue weighted by molar-refractivity contribution is -0.117. The summed E-state index contributed by atoms with van der Waals surface area (Å²) in [6, 6.07) is 28.1. The van der Waals surface area contributed by atoms with Crippen LogP contribution in [0.1, 0.15) is 27.6 Å². The molecule has 3 amide bonds. The van der Waals surface area contributed by atoms with Crippen molar-refractivity contribution in [2.24, 2.45) is 0 Å². The maximum atomic E-state index is 12.9. The van der Waals surface area contributed by atoms with Crippen LogP contribution in [-0.4, -0.2) is 23.8 Å². The normalized spacial score (nSPS) is 11.4. The van der Waals surface area contributed by atoms with Crippen molar-refractivity contribution in [2.45, 2.75) is 13.0 Å². The molecule has 0 aliphatic carbocycles. The molecule has 0 aromatic heterocycles. The molecule has 164 valence electrons. The smallest absolute Gasteiger partial charge is 0.255 e. The second kappa shape index (κ2) is 9.78. The van der Waals surface area contributed by atoms with Crippen LogP contribution in [0.5, 0.6) is 0 Å². The van der Waals surface area contributed by atoms with Gasteiger partial charge in [-0.15, -0.1) is 0 Å². The van der Waals surface area contributed by atoms with Gasteiger partial charge in [0.05, 0.1) is 11.3 Å². The van der Waals surface area contributed by atoms with E-state index >= 15 is 0 Å². The maximum absolute atomic E-state index is 12.9. The first-order valence-corrected chi connectivity index (χ1v) is 10.6. The zero-order chi connectivity index (χ0) is 23.2. The first-order valence-electron chi connectivity index (χ1n) is 10.6. The van der Waals surface area contributed by atoms with Crippen LogP contribution in [0.4, 0.5) is 11.4 Å². The molecule has 0 bridgehead atoms. The molecule has 33 heavy (non-hydrogen) atoms. The predicted molar refractivity (Wildman–Crippen MR) is 130 cm³/mol. The molecule has 0 saturated carbocycles. The van der Waals surface area contributed by atoms with Gasteiger partial charge in [-0.3, -0.25) is 14.4 Å². The summed E-state index contributed by atoms with van der Waals surface area (Å²) in [6.45, 7) is 1.61. The third-order valence-electron chi connectivity index (χ3n) is 5.21. The fraction of sp³-hybridized carbons (Fsp3) is 0.0741. The Morgan fingerprint density at radius 2 is 1.33 bits per heavy atom. The number of benzene rings is 4. The first-order chi connectivity index (χ1) is 16.0. The van der Waals surface area contributed by atoms with Crippen LogP contribution in [0.15, 0.2) is 97.1 Å². The molecule has 0 unspecified atom stereocenters. The minimum absolute atomic E-state index is 0.270. The van der Waals surface area contributed by atoms with Crippen molar-refractivity contribution in [3.05, 3.63) is 108 Å². The fourth-order valence-corrected chi connectivity index (χ4v) is 3.43. The third kappa shape index (κ3) is 5.25. The van der Waals surface area contributed by atoms with Gasteiger partial charge in [0.25, 0.3) is 11.8 Å². The molecule has 0 aliphatic rings. The fourth-order valence-electron chi connectivity index (χ4n) is 3.43. The number of amides is 3. The zero-order valence-electron chi connectivity index (χ0n) is 18.0. The predicted octanol–water partition coefficient (Wildman–Crippen LogP) is 4.85. The van der Waals surface area contributed by atoms with Crippen molar-refractivity contribution in [2.75, 3.05) is 10.6 Å². The van der Waals surface area contributed by atoms with Gasteiger partial charge in [-0.1, -0.05) is 60.7 Å². The molecule has 4 rings (SSSR count). The van der Waals surface area contributed by atoms with Gasteiger partial charge in [-0.2, -0.15) is 0 Å². The zero-order valence-corrected chi connectivity index (χ0v) is 18.0. The summed E-state index contributed by atoms with van der Waals surface area (Å²) < 4.78 is 0. The third-order valence-corrected chi connectivity index (χ3v) is 5.21. The van der Waals surface area contributed by atoms with E-state index in [0.717, 1.165) is 10.8 Å². The Labute approximate surface area is 191 Å². The monoisotopic (exact) mass is 437 g/mol. The van der Waals surface area contributed by atoms with Crippen LogP contribution in [0.3, 0.4) is 0 Å². The second-order valence-electron chi connectivity index (χ2n) is 7.61. The van der Waals surface area contributed by atoms with Gasteiger partial charge in [0, 0.05) is 11.3 Å². The average Bonchev–Trinajstić information content (AvgIpc) is 2.84. The van der Waals surface area contributed by atoms with E-state index < -0.39 is 11.9 Å². The molecular weight excluding hydrogens is 414 g/mol. The number of rotatable bonds is 6. The summed E-state index contributed by atoms with van der Waals surface area (Å²) in [4.78, 5) is 38.1. The minimum Gasteiger partial charge on any atom is -0.340 e. The molecule has 6 heteroatoms. The molecule has 1 atom stereocenters. The lowest BCUT2D eigenvalue weighted by atomic mass is 10.1. The van der Waals surface area contributed by atoms with E-state index in [2.05, 4.69) is 16.0 Å². The number of anilines is 2. The highest BCUT2D eigenvalue weighted by molar-refractivity contribution is 6.10. The Morgan fingerprint density at radius 1 is 0.667 bits per heavy atom. The highest BCUT2D eigenvalue weighted by Crippen LogP contribution is 2.19. The Hall–Kier alpha value is -4.45. The Morgan fingerprint density at radius 3 is 2.12 bits per heavy atom. The van der Waals surface area contributed by atoms with Gasteiger partial charge in [0.15, 0.2) is 0 Å². The molecular formula is C27H23N3O3. The van der Waals surface area contributed by atoms with E-state index in [1.807, 2.05) is 48.5 Å². The lowest BCUT2D eigenvalue weighted by Gasteiger charge is -2.16. The van der Waals surface area contributed by atoms with Gasteiger partial charge in [-0.05, 0) is 54.1 Å². The minimum atomic E-state index is -0.790. The largest absolute Gasteiger partial charge is 0.340 e. The quantitative estimate of drug-likeness (QED) is 0.403. The lowest BCUT2D eigenvalue weighted by Crippen LogP contribution is -2.41. The highest BCUT2D eigenvalue weighted by atomic mass is 16.2. The Kier molecular flexibility index (Phi) is 6.45. The second-order valence-corrected chi connectivity index (χ2v) is 7.61. The standard InChI is InChI=1S/C27H23N3O3/c1-18(25(31)29-22-16-15-19-9-5-6-12-21(19)17-22)28-27(33)23-13-7-8-14-24(23)30-26(32)20-10-3-2-4-11-20/h2-18H,1H3,(H,28,33)(H,29,31)(H,30,32)/t18-/m1/s1. The molecule has 3 N–H and O–H groups in total. The number of fused-ring (bicyclic) bond motifs is 1. The van der Waals surface area contributed by atoms with Gasteiger partial charge in [0.2, 0.25) is 5.91 Å². The Bertz CT molecular complexity index is 1320. The van der Waals surface area contributed by atoms with Crippen molar-refractivity contribution in [3.63, 3.8) is 0 Å². The van der Waals surface area contributed by atoms with Crippen LogP contribution >= 0.6 is 0 Å². The Balaban J connectivity index is 1.43. The van der Waals surface area contributed by atoms with Gasteiger partial charge in [0.1, 0.15) is 6.04 Å². The highest BCUT2D eigenvalue weighted by Gasteiger charge is 2.19. The molecule has 0 aliphatic heterocycles. The topological polar surface area (TPSA) is 87.3 Å². The molecule has 0 radical (unpaired) electrons. The van der Waals surface area contributed by atoms with E-state index in [9.17, 15) is 14.4 Å². The molecule has 0 fully saturated rings. The van der Waals surface area contributed by atoms with Crippen molar-refractivity contribution < 1.29 is 14.4 Å². The van der Waals surface area contributed by atoms with Crippen LogP contribution in [0.25, 0.3) is 10.8 Å². The van der Waals surface area contributed by atoms with Gasteiger partial charge >= 0.3 is 0 Å². The number of hydrogen-bond donors (Lipinski definition) is 3. The number of carbonyl (C=O) groups is 3. The van der Waals surface area contributed by atoms with Crippen molar-refractivity contribution in [3.8, 4) is 0 Å². The first kappa shape index (κ1) is 21.8. The number of para-hydroxylation sites is 1. The molecule has 0 heterocycles. The molecule has 4 aromatic rings. The SMILES string of the molecule is C[C@@H](NC(=O)c1ccccc1NC(=O)c1ccccc1)C(=O)Nc1ccc2ccccc2c1. The molecule has 6 nitrogen and oxygen atoms in total. The number of nitrogens with one attached hydrogen (secondary N) is 3. The van der Waals surface area contributed by atoms with Crippen LogP contribution < -0.4 is 16.0 Å². The molecule has 0 saturated heterocycles. The number of hydrogen-bond acceptors (Lipinski definition) is 3. The summed E-state index contributed by atoms with van der Waals surface area (Å²) in [5.74, 6) is -1.12. The summed E-state index contributed by atoms with van der Waals surface area (Å²) in [7, 11) is 0. The van der Waals surface area contributed by atoms with Crippen molar-refractivity contribution in [1.82, 2.24) is 5.32 Å². The summed E-state index contributed by atoms with van der Waals surface area (Å²) in [5, 5.41) is 10.4. The van der Waals surface area contributed by atoms with E-state index in [4.69, 9.17) is 0 Å². The van der Waals surface area contributed by atoms with Crippen molar-refractivity contribution >= 4 is 39.9 Å². The average molecular weight is 437 g/mol. The molecule has 4 aromatic carbocycles. The van der Waals surface area contributed by atoms with E-state index in [1.54, 1.807) is 55.5 Å². The van der Waals surface area contributed by atoms with Crippen molar-refractivity contribution in [1.29, 1.82) is 0 Å². The van der Waals surface area contributed by atoms with Crippen LogP contribution in [0, 0.1) is 0 Å². The van der Waals surface area contributed by atoms with Gasteiger partial charge in [-0.25, -0.2) is 0 Å². The van der Waals surface area contributed by atoms with Crippen LogP contribution in [-0.2, 0) is 4.79 Å². The molecule has 0 spiro atoms. The summed E-state index contributed by atoms with van der Waals surface area (Å²) in [6.07, 6.45) is 0. The maximum Gasteiger partial charge on any atom is 0.255 e. The van der Waals surface area contributed by atoms with E-state index in [0.29, 0.717) is 16.9 Å². The van der Waals surface area contributed by atoms with E-state index in [1.165, 1.54) is 0 Å². The number of carbonyl (C=O) groups excluding carboxylic acids is 3. The van der Waals surface area contributed by atoms with Gasteiger partial charge < -0.3 is 16.0 Å². The summed E-state index contributed by atoms with van der Waals surface area (Å²) >= 11 is 0. The van der Waals surface area contributed by atoms with Crippen LogP contribution in [0.2, 0.25) is 0 Å². The summed E-state index contributed by atoms with van der Waals surface area (Å²) in [5.41, 5.74) is 1.77. The van der Waals surface area contributed by atoms with E-state index in [-0.39, 0.29) is 17.4 Å².